The first-order chi connectivity index (χ1) is 8.93. The Morgan fingerprint density at radius 1 is 1.21 bits per heavy atom. The van der Waals surface area contributed by atoms with Gasteiger partial charge in [-0.15, -0.1) is 0 Å². The van der Waals surface area contributed by atoms with Crippen molar-refractivity contribution in [1.29, 1.82) is 0 Å². The smallest absolute Gasteiger partial charge is 0.256 e. The van der Waals surface area contributed by atoms with Gasteiger partial charge < -0.3 is 0 Å². The minimum atomic E-state index is -4.44. The van der Waals surface area contributed by atoms with Crippen LogP contribution in [-0.4, -0.2) is 9.78 Å². The summed E-state index contributed by atoms with van der Waals surface area (Å²) in [7, 11) is 0. The Balaban J connectivity index is 2.42. The largest absolute Gasteiger partial charge is 0.433 e. The highest BCUT2D eigenvalue weighted by atomic mass is 79.9. The van der Waals surface area contributed by atoms with E-state index in [-0.39, 0.29) is 17.4 Å². The number of rotatable bonds is 3. The molecule has 19 heavy (non-hydrogen) atoms. The molecule has 0 fully saturated rings. The number of nitrogens with zero attached hydrogens (tertiary/aromatic N) is 2. The van der Waals surface area contributed by atoms with Crippen LogP contribution in [0, 0.1) is 0 Å². The van der Waals surface area contributed by atoms with Crippen LogP contribution in [0.2, 0.25) is 5.02 Å². The van der Waals surface area contributed by atoms with Crippen LogP contribution in [0.1, 0.15) is 16.8 Å². The first-order valence-corrected chi connectivity index (χ1v) is 6.84. The second-order valence-electron chi connectivity index (χ2n) is 3.90. The molecule has 0 aliphatic carbocycles. The maximum absolute atomic E-state index is 13.0. The van der Waals surface area contributed by atoms with Crippen molar-refractivity contribution in [3.63, 3.8) is 0 Å². The van der Waals surface area contributed by atoms with Crippen molar-refractivity contribution in [2.75, 3.05) is 0 Å². The minimum absolute atomic E-state index is 0.0124. The second-order valence-corrected chi connectivity index (χ2v) is 4.87. The molecular weight excluding hydrogens is 344 g/mol. The Morgan fingerprint density at radius 3 is 2.47 bits per heavy atom. The van der Waals surface area contributed by atoms with Crippen LogP contribution >= 0.6 is 27.5 Å². The third-order valence-corrected chi connectivity index (χ3v) is 3.58. The Labute approximate surface area is 121 Å². The number of alkyl halides is 4. The predicted octanol–water partition coefficient (Wildman–Crippen LogP) is 4.50. The van der Waals surface area contributed by atoms with Gasteiger partial charge in [-0.1, -0.05) is 45.7 Å². The molecule has 1 aromatic heterocycles. The molecule has 2 rings (SSSR count). The van der Waals surface area contributed by atoms with E-state index in [9.17, 15) is 13.2 Å². The lowest BCUT2D eigenvalue weighted by atomic mass is 10.2. The van der Waals surface area contributed by atoms with Crippen molar-refractivity contribution >= 4 is 27.5 Å². The Hall–Kier alpha value is -1.01. The summed E-state index contributed by atoms with van der Waals surface area (Å²) in [5.74, 6) is 0. The van der Waals surface area contributed by atoms with E-state index < -0.39 is 11.9 Å². The van der Waals surface area contributed by atoms with Crippen molar-refractivity contribution in [2.45, 2.75) is 18.1 Å². The Morgan fingerprint density at radius 2 is 1.89 bits per heavy atom. The molecule has 0 unspecified atom stereocenters. The van der Waals surface area contributed by atoms with E-state index in [0.717, 1.165) is 4.68 Å². The zero-order valence-electron chi connectivity index (χ0n) is 9.59. The summed E-state index contributed by atoms with van der Waals surface area (Å²) < 4.78 is 40.0. The van der Waals surface area contributed by atoms with Crippen LogP contribution in [0.3, 0.4) is 0 Å². The van der Waals surface area contributed by atoms with Gasteiger partial charge in [0.25, 0.3) is 0 Å². The van der Waals surface area contributed by atoms with Gasteiger partial charge in [0.05, 0.1) is 12.7 Å². The van der Waals surface area contributed by atoms with Gasteiger partial charge in [0, 0.05) is 15.9 Å². The molecule has 0 bridgehead atoms. The van der Waals surface area contributed by atoms with E-state index in [1.807, 2.05) is 0 Å². The number of halogens is 5. The summed E-state index contributed by atoms with van der Waals surface area (Å²) in [5, 5.41) is 4.32. The van der Waals surface area contributed by atoms with Gasteiger partial charge in [-0.2, -0.15) is 18.3 Å². The molecule has 102 valence electrons. The summed E-state index contributed by atoms with van der Waals surface area (Å²) in [4.78, 5) is 0. The normalized spacial score (nSPS) is 11.8. The number of aromatic nitrogens is 2. The fourth-order valence-corrected chi connectivity index (χ4v) is 2.36. The molecular formula is C12H9BrClF3N2. The van der Waals surface area contributed by atoms with Gasteiger partial charge in [-0.05, 0) is 11.6 Å². The van der Waals surface area contributed by atoms with E-state index in [1.54, 1.807) is 24.3 Å². The Bertz CT molecular complexity index is 581. The van der Waals surface area contributed by atoms with Gasteiger partial charge in [0.15, 0.2) is 0 Å². The van der Waals surface area contributed by atoms with Crippen molar-refractivity contribution in [3.05, 3.63) is 52.3 Å². The molecule has 1 aromatic carbocycles. The zero-order valence-corrected chi connectivity index (χ0v) is 11.9. The van der Waals surface area contributed by atoms with Crippen LogP contribution in [0.4, 0.5) is 13.2 Å². The average molecular weight is 354 g/mol. The van der Waals surface area contributed by atoms with Crippen LogP contribution in [0.15, 0.2) is 30.5 Å². The molecule has 0 radical (unpaired) electrons. The summed E-state index contributed by atoms with van der Waals surface area (Å²) in [6.45, 7) is -0.0124. The maximum Gasteiger partial charge on any atom is 0.433 e. The molecule has 7 heteroatoms. The fraction of sp³-hybridized carbons (Fsp3) is 0.250. The molecule has 2 nitrogen and oxygen atoms in total. The monoisotopic (exact) mass is 352 g/mol. The molecule has 0 aliphatic heterocycles. The lowest BCUT2D eigenvalue weighted by Gasteiger charge is -2.12. The van der Waals surface area contributed by atoms with Crippen molar-refractivity contribution in [2.24, 2.45) is 0 Å². The fourth-order valence-electron chi connectivity index (χ4n) is 1.76. The molecule has 0 saturated heterocycles. The van der Waals surface area contributed by atoms with Crippen molar-refractivity contribution in [3.8, 4) is 0 Å². The van der Waals surface area contributed by atoms with Crippen LogP contribution < -0.4 is 0 Å². The third kappa shape index (κ3) is 3.12. The summed E-state index contributed by atoms with van der Waals surface area (Å²) >= 11 is 8.98. The Kier molecular flexibility index (Phi) is 4.20. The van der Waals surface area contributed by atoms with Gasteiger partial charge in [-0.25, -0.2) is 0 Å². The first-order valence-electron chi connectivity index (χ1n) is 5.34. The van der Waals surface area contributed by atoms with Crippen LogP contribution in [0.5, 0.6) is 0 Å². The second kappa shape index (κ2) is 5.54. The SMILES string of the molecule is FC(F)(F)c1c(CBr)cnn1Cc1ccccc1Cl. The van der Waals surface area contributed by atoms with Gasteiger partial charge >= 0.3 is 6.18 Å². The van der Waals surface area contributed by atoms with E-state index >= 15 is 0 Å². The molecule has 0 saturated carbocycles. The lowest BCUT2D eigenvalue weighted by Crippen LogP contribution is -2.17. The number of hydrogen-bond donors (Lipinski definition) is 0. The first kappa shape index (κ1) is 14.4. The van der Waals surface area contributed by atoms with Crippen LogP contribution in [-0.2, 0) is 18.1 Å². The minimum Gasteiger partial charge on any atom is -0.256 e. The quantitative estimate of drug-likeness (QED) is 0.743. The molecule has 0 aliphatic rings. The third-order valence-electron chi connectivity index (χ3n) is 2.61. The summed E-state index contributed by atoms with van der Waals surface area (Å²) in [5.41, 5.74) is -0.0391. The van der Waals surface area contributed by atoms with E-state index in [4.69, 9.17) is 11.6 Å². The van der Waals surface area contributed by atoms with Crippen molar-refractivity contribution in [1.82, 2.24) is 9.78 Å². The van der Waals surface area contributed by atoms with Crippen molar-refractivity contribution < 1.29 is 13.2 Å². The lowest BCUT2D eigenvalue weighted by molar-refractivity contribution is -0.144. The predicted molar refractivity (Wildman–Crippen MR) is 70.4 cm³/mol. The molecule has 0 spiro atoms. The maximum atomic E-state index is 13.0. The van der Waals surface area contributed by atoms with E-state index in [0.29, 0.717) is 10.6 Å². The summed E-state index contributed by atoms with van der Waals surface area (Å²) in [6, 6.07) is 6.77. The molecule has 0 amide bonds. The number of hydrogen-bond acceptors (Lipinski definition) is 1. The van der Waals surface area contributed by atoms with Gasteiger partial charge in [0.2, 0.25) is 0 Å². The number of benzene rings is 1. The highest BCUT2D eigenvalue weighted by Crippen LogP contribution is 2.33. The molecule has 1 heterocycles. The van der Waals surface area contributed by atoms with Crippen LogP contribution in [0.25, 0.3) is 0 Å². The highest BCUT2D eigenvalue weighted by Gasteiger charge is 2.37. The topological polar surface area (TPSA) is 17.8 Å². The zero-order chi connectivity index (χ0) is 14.0. The summed E-state index contributed by atoms with van der Waals surface area (Å²) in [6.07, 6.45) is -3.23. The molecule has 0 atom stereocenters. The van der Waals surface area contributed by atoms with Gasteiger partial charge in [-0.3, -0.25) is 4.68 Å². The molecule has 0 N–H and O–H groups in total. The molecule has 2 aromatic rings. The standard InChI is InChI=1S/C12H9BrClF3N2/c13-5-9-6-18-19(11(9)12(15,16)17)7-8-3-1-2-4-10(8)14/h1-4,6H,5,7H2. The highest BCUT2D eigenvalue weighted by molar-refractivity contribution is 9.08. The average Bonchev–Trinajstić information content (AvgIpc) is 2.75. The van der Waals surface area contributed by atoms with E-state index in [1.165, 1.54) is 6.20 Å². The van der Waals surface area contributed by atoms with Gasteiger partial charge in [0.1, 0.15) is 5.69 Å². The van der Waals surface area contributed by atoms with E-state index in [2.05, 4.69) is 21.0 Å².